The van der Waals surface area contributed by atoms with Crippen LogP contribution >= 0.6 is 11.3 Å². The van der Waals surface area contributed by atoms with Gasteiger partial charge < -0.3 is 4.90 Å². The summed E-state index contributed by atoms with van der Waals surface area (Å²) in [5, 5.41) is 5.06. The van der Waals surface area contributed by atoms with Gasteiger partial charge in [-0.2, -0.15) is 0 Å². The van der Waals surface area contributed by atoms with E-state index in [-0.39, 0.29) is 5.78 Å². The number of carbonyl (C=O) groups excluding carboxylic acids is 2. The van der Waals surface area contributed by atoms with Crippen LogP contribution in [0, 0.1) is 0 Å². The average Bonchev–Trinajstić information content (AvgIpc) is 3.42. The number of benzene rings is 4. The predicted octanol–water partition coefficient (Wildman–Crippen LogP) is 8.08. The first-order valence-electron chi connectivity index (χ1n) is 10.9. The summed E-state index contributed by atoms with van der Waals surface area (Å²) in [6, 6.07) is 33.7. The summed E-state index contributed by atoms with van der Waals surface area (Å²) in [7, 11) is 0. The van der Waals surface area contributed by atoms with Gasteiger partial charge in [-0.1, -0.05) is 60.7 Å². The second-order valence-corrected chi connectivity index (χ2v) is 8.74. The van der Waals surface area contributed by atoms with Gasteiger partial charge in [0.05, 0.1) is 5.00 Å². The summed E-state index contributed by atoms with van der Waals surface area (Å²) >= 11 is 1.68. The van der Waals surface area contributed by atoms with E-state index < -0.39 is 0 Å². The van der Waals surface area contributed by atoms with Gasteiger partial charge in [0.15, 0.2) is 12.1 Å². The van der Waals surface area contributed by atoms with Crippen LogP contribution in [0.5, 0.6) is 0 Å². The maximum atomic E-state index is 12.9. The summed E-state index contributed by atoms with van der Waals surface area (Å²) in [5.41, 5.74) is 3.84. The van der Waals surface area contributed by atoms with Gasteiger partial charge in [-0.25, -0.2) is 0 Å². The van der Waals surface area contributed by atoms with E-state index >= 15 is 0 Å². The second-order valence-electron chi connectivity index (χ2n) is 7.82. The highest BCUT2D eigenvalue weighted by molar-refractivity contribution is 7.14. The number of anilines is 3. The molecule has 0 aliphatic carbocycles. The molecule has 34 heavy (non-hydrogen) atoms. The van der Waals surface area contributed by atoms with Crippen LogP contribution in [0.15, 0.2) is 115 Å². The fraction of sp³-hybridized carbons (Fsp3) is 0. The van der Waals surface area contributed by atoms with E-state index in [0.29, 0.717) is 11.1 Å². The monoisotopic (exact) mass is 459 g/mol. The molecule has 0 atom stereocenters. The standard InChI is InChI=1S/C30H21NO2S/c32-21-25-19-23-7-4-5-8-24(23)20-28(25)29(33)17-14-22-12-15-27(16-13-22)31(30-11-6-18-34-30)26-9-2-1-3-10-26/h1-21H/b17-14+. The van der Waals surface area contributed by atoms with Gasteiger partial charge in [0.1, 0.15) is 0 Å². The van der Waals surface area contributed by atoms with Crippen molar-refractivity contribution in [2.75, 3.05) is 4.90 Å². The van der Waals surface area contributed by atoms with E-state index in [2.05, 4.69) is 28.5 Å². The molecule has 3 nitrogen and oxygen atoms in total. The van der Waals surface area contributed by atoms with E-state index in [4.69, 9.17) is 0 Å². The number of nitrogens with zero attached hydrogens (tertiary/aromatic N) is 1. The normalized spacial score (nSPS) is 11.1. The number of hydrogen-bond acceptors (Lipinski definition) is 4. The quantitative estimate of drug-likeness (QED) is 0.140. The molecule has 164 valence electrons. The summed E-state index contributed by atoms with van der Waals surface area (Å²) in [6.45, 7) is 0. The number of rotatable bonds is 7. The maximum absolute atomic E-state index is 12.9. The number of thiophene rings is 1. The molecule has 0 amide bonds. The molecule has 0 saturated carbocycles. The van der Waals surface area contributed by atoms with Crippen molar-refractivity contribution in [3.63, 3.8) is 0 Å². The van der Waals surface area contributed by atoms with Crippen molar-refractivity contribution in [3.8, 4) is 0 Å². The van der Waals surface area contributed by atoms with E-state index in [1.807, 2.05) is 72.8 Å². The Bertz CT molecular complexity index is 1470. The molecule has 5 aromatic rings. The van der Waals surface area contributed by atoms with Crippen LogP contribution in [-0.4, -0.2) is 12.1 Å². The van der Waals surface area contributed by atoms with Crippen LogP contribution in [0.2, 0.25) is 0 Å². The summed E-state index contributed by atoms with van der Waals surface area (Å²) in [5.74, 6) is -0.193. The first-order valence-corrected chi connectivity index (χ1v) is 11.8. The van der Waals surface area contributed by atoms with Gasteiger partial charge in [0.25, 0.3) is 0 Å². The van der Waals surface area contributed by atoms with Crippen LogP contribution < -0.4 is 4.90 Å². The van der Waals surface area contributed by atoms with E-state index in [9.17, 15) is 9.59 Å². The number of aldehydes is 1. The Balaban J connectivity index is 1.41. The Morgan fingerprint density at radius 2 is 1.41 bits per heavy atom. The number of ketones is 1. The third-order valence-electron chi connectivity index (χ3n) is 5.63. The van der Waals surface area contributed by atoms with Gasteiger partial charge in [-0.15, -0.1) is 11.3 Å². The first-order chi connectivity index (χ1) is 16.7. The van der Waals surface area contributed by atoms with Crippen LogP contribution in [0.1, 0.15) is 26.3 Å². The Morgan fingerprint density at radius 3 is 2.09 bits per heavy atom. The van der Waals surface area contributed by atoms with E-state index in [1.54, 1.807) is 29.5 Å². The summed E-state index contributed by atoms with van der Waals surface area (Å²) in [4.78, 5) is 26.7. The SMILES string of the molecule is O=Cc1cc2ccccc2cc1C(=O)/C=C/c1ccc(N(c2ccccc2)c2cccs2)cc1. The lowest BCUT2D eigenvalue weighted by molar-refractivity contribution is 0.103. The van der Waals surface area contributed by atoms with Crippen LogP contribution in [0.3, 0.4) is 0 Å². The molecule has 0 saturated heterocycles. The van der Waals surface area contributed by atoms with Crippen LogP contribution in [0.25, 0.3) is 16.8 Å². The van der Waals surface area contributed by atoms with E-state index in [1.165, 1.54) is 6.08 Å². The van der Waals surface area contributed by atoms with Gasteiger partial charge >= 0.3 is 0 Å². The zero-order valence-electron chi connectivity index (χ0n) is 18.3. The molecule has 0 aliphatic rings. The Labute approximate surface area is 202 Å². The molecule has 0 radical (unpaired) electrons. The molecule has 0 bridgehead atoms. The topological polar surface area (TPSA) is 37.4 Å². The zero-order chi connectivity index (χ0) is 23.3. The molecule has 1 aromatic heterocycles. The molecular weight excluding hydrogens is 438 g/mol. The lowest BCUT2D eigenvalue weighted by Gasteiger charge is -2.23. The molecule has 1 heterocycles. The van der Waals surface area contributed by atoms with Gasteiger partial charge in [0.2, 0.25) is 0 Å². The smallest absolute Gasteiger partial charge is 0.186 e. The molecule has 4 aromatic carbocycles. The average molecular weight is 460 g/mol. The third kappa shape index (κ3) is 4.45. The number of fused-ring (bicyclic) bond motifs is 1. The predicted molar refractivity (Wildman–Crippen MR) is 142 cm³/mol. The maximum Gasteiger partial charge on any atom is 0.186 e. The Morgan fingerprint density at radius 1 is 0.735 bits per heavy atom. The van der Waals surface area contributed by atoms with Gasteiger partial charge in [0, 0.05) is 22.5 Å². The molecule has 0 fully saturated rings. The molecule has 0 spiro atoms. The minimum Gasteiger partial charge on any atom is -0.302 e. The van der Waals surface area contributed by atoms with Gasteiger partial charge in [-0.3, -0.25) is 9.59 Å². The molecule has 5 rings (SSSR count). The molecular formula is C30H21NO2S. The largest absolute Gasteiger partial charge is 0.302 e. The van der Waals surface area contributed by atoms with Crippen molar-refractivity contribution < 1.29 is 9.59 Å². The molecule has 4 heteroatoms. The number of allylic oxidation sites excluding steroid dienone is 1. The van der Waals surface area contributed by atoms with Crippen molar-refractivity contribution >= 4 is 56.6 Å². The van der Waals surface area contributed by atoms with Crippen LogP contribution in [0.4, 0.5) is 16.4 Å². The fourth-order valence-electron chi connectivity index (χ4n) is 3.94. The van der Waals surface area contributed by atoms with Crippen molar-refractivity contribution in [2.24, 2.45) is 0 Å². The van der Waals surface area contributed by atoms with Crippen molar-refractivity contribution in [2.45, 2.75) is 0 Å². The van der Waals surface area contributed by atoms with Gasteiger partial charge in [-0.05, 0) is 76.3 Å². The molecule has 0 N–H and O–H groups in total. The van der Waals surface area contributed by atoms with Crippen molar-refractivity contribution in [1.29, 1.82) is 0 Å². The molecule has 0 aliphatic heterocycles. The minimum absolute atomic E-state index is 0.193. The minimum atomic E-state index is -0.193. The number of para-hydroxylation sites is 1. The van der Waals surface area contributed by atoms with Crippen LogP contribution in [-0.2, 0) is 0 Å². The highest BCUT2D eigenvalue weighted by atomic mass is 32.1. The number of carbonyl (C=O) groups is 2. The second kappa shape index (κ2) is 9.69. The van der Waals surface area contributed by atoms with Crippen molar-refractivity contribution in [1.82, 2.24) is 0 Å². The Kier molecular flexibility index (Phi) is 6.15. The summed E-state index contributed by atoms with van der Waals surface area (Å²) in [6.07, 6.45) is 4.05. The lowest BCUT2D eigenvalue weighted by Crippen LogP contribution is -2.07. The fourth-order valence-corrected chi connectivity index (χ4v) is 4.71. The lowest BCUT2D eigenvalue weighted by atomic mass is 9.98. The van der Waals surface area contributed by atoms with Crippen molar-refractivity contribution in [3.05, 3.63) is 131 Å². The van der Waals surface area contributed by atoms with E-state index in [0.717, 1.165) is 39.0 Å². The zero-order valence-corrected chi connectivity index (χ0v) is 19.1. The first kappa shape index (κ1) is 21.6. The molecule has 0 unspecified atom stereocenters. The Hall–Kier alpha value is -4.28. The number of hydrogen-bond donors (Lipinski definition) is 0. The summed E-state index contributed by atoms with van der Waals surface area (Å²) < 4.78 is 0. The highest BCUT2D eigenvalue weighted by Crippen LogP contribution is 2.37. The highest BCUT2D eigenvalue weighted by Gasteiger charge is 2.13. The third-order valence-corrected chi connectivity index (χ3v) is 6.48.